The summed E-state index contributed by atoms with van der Waals surface area (Å²) in [7, 11) is 0. The molecular weight excluding hydrogens is 496 g/mol. The molecule has 4 rings (SSSR count). The van der Waals surface area contributed by atoms with Crippen molar-refractivity contribution in [2.75, 3.05) is 4.90 Å². The largest absolute Gasteiger partial charge is 0.490 e. The Balaban J connectivity index is 1.60. The molecule has 2 aromatic heterocycles. The Kier molecular flexibility index (Phi) is 8.82. The van der Waals surface area contributed by atoms with Crippen LogP contribution in [-0.4, -0.2) is 34.1 Å². The zero-order valence-electron chi connectivity index (χ0n) is 23.3. The van der Waals surface area contributed by atoms with Gasteiger partial charge in [0, 0.05) is 35.3 Å². The van der Waals surface area contributed by atoms with Crippen LogP contribution in [0.25, 0.3) is 0 Å². The van der Waals surface area contributed by atoms with Crippen LogP contribution in [0.4, 0.5) is 5.69 Å². The maximum absolute atomic E-state index is 14.1. The van der Waals surface area contributed by atoms with Gasteiger partial charge in [-0.2, -0.15) is 0 Å². The van der Waals surface area contributed by atoms with Crippen LogP contribution in [-0.2, 0) is 4.79 Å². The van der Waals surface area contributed by atoms with E-state index in [1.165, 1.54) is 11.3 Å². The van der Waals surface area contributed by atoms with Gasteiger partial charge in [-0.25, -0.2) is 4.79 Å². The van der Waals surface area contributed by atoms with Gasteiger partial charge in [0.25, 0.3) is 0 Å². The van der Waals surface area contributed by atoms with Gasteiger partial charge in [0.2, 0.25) is 5.91 Å². The van der Waals surface area contributed by atoms with E-state index in [2.05, 4.69) is 23.7 Å². The van der Waals surface area contributed by atoms with E-state index in [-0.39, 0.29) is 34.3 Å². The third-order valence-electron chi connectivity index (χ3n) is 7.51. The van der Waals surface area contributed by atoms with Crippen LogP contribution < -0.4 is 9.64 Å². The van der Waals surface area contributed by atoms with Gasteiger partial charge in [-0.1, -0.05) is 18.8 Å². The van der Waals surface area contributed by atoms with E-state index in [1.54, 1.807) is 6.20 Å². The standard InChI is InChI=1S/C31H40N2O4S/c1-20-6-8-22(9-7-20)29(34)33(27-19-26(14-16-31(3,4)5)38-28(27)30(35)36)23-10-12-24(13-11-23)37-25-15-17-32-21(2)18-25/h15,17-20,22-24H,6-13H2,1-5H3,(H,35,36)/t20-,22-,23-,24-. The van der Waals surface area contributed by atoms with Gasteiger partial charge < -0.3 is 14.7 Å². The summed E-state index contributed by atoms with van der Waals surface area (Å²) in [4.78, 5) is 33.4. The van der Waals surface area contributed by atoms with Crippen LogP contribution in [0.1, 0.15) is 99.3 Å². The average molecular weight is 537 g/mol. The van der Waals surface area contributed by atoms with Crippen molar-refractivity contribution in [3.8, 4) is 17.6 Å². The number of rotatable bonds is 6. The summed E-state index contributed by atoms with van der Waals surface area (Å²) in [6.07, 6.45) is 8.76. The number of carboxylic acids is 1. The van der Waals surface area contributed by atoms with E-state index in [0.717, 1.165) is 62.8 Å². The quantitative estimate of drug-likeness (QED) is 0.399. The molecular formula is C31H40N2O4S. The van der Waals surface area contributed by atoms with Crippen molar-refractivity contribution in [3.05, 3.63) is 39.8 Å². The van der Waals surface area contributed by atoms with Crippen LogP contribution >= 0.6 is 11.3 Å². The summed E-state index contributed by atoms with van der Waals surface area (Å²) in [5, 5.41) is 10.1. The van der Waals surface area contributed by atoms with Crippen LogP contribution in [0.15, 0.2) is 24.4 Å². The molecule has 1 amide bonds. The highest BCUT2D eigenvalue weighted by Gasteiger charge is 2.37. The zero-order chi connectivity index (χ0) is 27.4. The fourth-order valence-corrected chi connectivity index (χ4v) is 6.27. The van der Waals surface area contributed by atoms with Gasteiger partial charge in [0.1, 0.15) is 10.6 Å². The number of aromatic carboxylic acids is 1. The molecule has 2 aliphatic carbocycles. The minimum Gasteiger partial charge on any atom is -0.490 e. The summed E-state index contributed by atoms with van der Waals surface area (Å²) < 4.78 is 6.23. The Bertz CT molecular complexity index is 1200. The fraction of sp³-hybridized carbons (Fsp3) is 0.581. The molecule has 1 N–H and O–H groups in total. The van der Waals surface area contributed by atoms with Crippen LogP contribution in [0.3, 0.4) is 0 Å². The van der Waals surface area contributed by atoms with Crippen molar-refractivity contribution in [1.29, 1.82) is 0 Å². The maximum atomic E-state index is 14.1. The Morgan fingerprint density at radius 3 is 2.37 bits per heavy atom. The summed E-state index contributed by atoms with van der Waals surface area (Å²) in [6, 6.07) is 5.59. The maximum Gasteiger partial charge on any atom is 0.348 e. The van der Waals surface area contributed by atoms with E-state index in [1.807, 2.05) is 50.8 Å². The first kappa shape index (κ1) is 28.2. The number of pyridine rings is 1. The Hall–Kier alpha value is -2.85. The number of aryl methyl sites for hydroxylation is 1. The highest BCUT2D eigenvalue weighted by Crippen LogP contribution is 2.39. The minimum atomic E-state index is -1.01. The van der Waals surface area contributed by atoms with Crippen molar-refractivity contribution in [1.82, 2.24) is 4.98 Å². The molecule has 0 bridgehead atoms. The molecule has 0 saturated heterocycles. The predicted molar refractivity (Wildman–Crippen MR) is 152 cm³/mol. The third kappa shape index (κ3) is 7.17. The third-order valence-corrected chi connectivity index (χ3v) is 8.54. The second-order valence-electron chi connectivity index (χ2n) is 12.0. The second-order valence-corrected chi connectivity index (χ2v) is 13.0. The molecule has 0 unspecified atom stereocenters. The minimum absolute atomic E-state index is 0.0583. The van der Waals surface area contributed by atoms with Crippen LogP contribution in [0.2, 0.25) is 0 Å². The Morgan fingerprint density at radius 2 is 1.76 bits per heavy atom. The SMILES string of the molecule is Cc1cc(O[C@H]2CC[C@H](N(c3cc(C#CC(C)(C)C)sc3C(=O)O)C(=O)[C@H]3CC[C@H](C)CC3)CC2)ccn1. The smallest absolute Gasteiger partial charge is 0.348 e. The molecule has 2 aliphatic rings. The summed E-state index contributed by atoms with van der Waals surface area (Å²) in [5.41, 5.74) is 1.23. The van der Waals surface area contributed by atoms with E-state index < -0.39 is 5.97 Å². The number of aromatic nitrogens is 1. The highest BCUT2D eigenvalue weighted by atomic mass is 32.1. The molecule has 38 heavy (non-hydrogen) atoms. The lowest BCUT2D eigenvalue weighted by Gasteiger charge is -2.39. The molecule has 204 valence electrons. The molecule has 0 atom stereocenters. The first-order valence-electron chi connectivity index (χ1n) is 13.8. The Labute approximate surface area is 230 Å². The van der Waals surface area contributed by atoms with Crippen LogP contribution in [0.5, 0.6) is 5.75 Å². The first-order chi connectivity index (χ1) is 18.0. The molecule has 2 saturated carbocycles. The lowest BCUT2D eigenvalue weighted by atomic mass is 9.81. The van der Waals surface area contributed by atoms with Crippen molar-refractivity contribution < 1.29 is 19.4 Å². The molecule has 2 fully saturated rings. The lowest BCUT2D eigenvalue weighted by Crippen LogP contribution is -2.47. The van der Waals surface area contributed by atoms with E-state index in [0.29, 0.717) is 16.5 Å². The number of ether oxygens (including phenoxy) is 1. The van der Waals surface area contributed by atoms with Gasteiger partial charge in [0.15, 0.2) is 0 Å². The Morgan fingerprint density at radius 1 is 1.08 bits per heavy atom. The number of carbonyl (C=O) groups excluding carboxylic acids is 1. The molecule has 2 heterocycles. The number of nitrogens with zero attached hydrogens (tertiary/aromatic N) is 2. The normalized spacial score (nSPS) is 23.7. The molecule has 0 spiro atoms. The fourth-order valence-electron chi connectivity index (χ4n) is 5.43. The number of thiophene rings is 1. The van der Waals surface area contributed by atoms with Gasteiger partial charge >= 0.3 is 5.97 Å². The van der Waals surface area contributed by atoms with Crippen molar-refractivity contribution in [3.63, 3.8) is 0 Å². The second kappa shape index (κ2) is 11.9. The molecule has 6 nitrogen and oxygen atoms in total. The van der Waals surface area contributed by atoms with Crippen molar-refractivity contribution in [2.45, 2.75) is 98.1 Å². The van der Waals surface area contributed by atoms with Gasteiger partial charge in [-0.05, 0) is 97.1 Å². The summed E-state index contributed by atoms with van der Waals surface area (Å²) in [5.74, 6) is 6.82. The van der Waals surface area contributed by atoms with E-state index in [9.17, 15) is 14.7 Å². The van der Waals surface area contributed by atoms with Gasteiger partial charge in [0.05, 0.1) is 16.7 Å². The molecule has 0 aliphatic heterocycles. The van der Waals surface area contributed by atoms with Crippen molar-refractivity contribution in [2.24, 2.45) is 17.3 Å². The van der Waals surface area contributed by atoms with E-state index in [4.69, 9.17) is 4.74 Å². The lowest BCUT2D eigenvalue weighted by molar-refractivity contribution is -0.124. The predicted octanol–water partition coefficient (Wildman–Crippen LogP) is 7.10. The summed E-state index contributed by atoms with van der Waals surface area (Å²) >= 11 is 1.17. The number of hydrogen-bond donors (Lipinski definition) is 1. The number of carboxylic acid groups (broad SMARTS) is 1. The molecule has 0 radical (unpaired) electrons. The molecule has 7 heteroatoms. The van der Waals surface area contributed by atoms with Gasteiger partial charge in [-0.15, -0.1) is 11.3 Å². The molecule has 0 aromatic carbocycles. The zero-order valence-corrected chi connectivity index (χ0v) is 24.1. The van der Waals surface area contributed by atoms with Gasteiger partial charge in [-0.3, -0.25) is 9.78 Å². The van der Waals surface area contributed by atoms with Crippen molar-refractivity contribution >= 4 is 28.9 Å². The topological polar surface area (TPSA) is 79.7 Å². The first-order valence-corrected chi connectivity index (χ1v) is 14.6. The average Bonchev–Trinajstić information content (AvgIpc) is 3.28. The molecule has 2 aromatic rings. The van der Waals surface area contributed by atoms with E-state index >= 15 is 0 Å². The number of hydrogen-bond acceptors (Lipinski definition) is 5. The summed E-state index contributed by atoms with van der Waals surface area (Å²) in [6.45, 7) is 10.3. The number of carbonyl (C=O) groups is 2. The van der Waals surface area contributed by atoms with Crippen LogP contribution in [0, 0.1) is 36.0 Å². The number of anilines is 1. The number of amides is 1. The highest BCUT2D eigenvalue weighted by molar-refractivity contribution is 7.15. The monoisotopic (exact) mass is 536 g/mol.